The van der Waals surface area contributed by atoms with Crippen molar-refractivity contribution in [1.29, 1.82) is 0 Å². The molecule has 0 unspecified atom stereocenters. The Morgan fingerprint density at radius 2 is 2.00 bits per heavy atom. The van der Waals surface area contributed by atoms with E-state index in [1.807, 2.05) is 18.5 Å². The van der Waals surface area contributed by atoms with Crippen LogP contribution in [0, 0.1) is 13.8 Å². The summed E-state index contributed by atoms with van der Waals surface area (Å²) in [6.07, 6.45) is 0. The van der Waals surface area contributed by atoms with Gasteiger partial charge in [-0.2, -0.15) is 5.10 Å². The fraction of sp³-hybridized carbons (Fsp3) is 0.471. The molecule has 0 radical (unpaired) electrons. The highest BCUT2D eigenvalue weighted by atomic mass is 16.5. The van der Waals surface area contributed by atoms with Crippen molar-refractivity contribution >= 4 is 0 Å². The third kappa shape index (κ3) is 4.16. The summed E-state index contributed by atoms with van der Waals surface area (Å²) in [5.74, 6) is 0. The van der Waals surface area contributed by atoms with E-state index in [1.54, 1.807) is 7.11 Å². The maximum atomic E-state index is 9.05. The van der Waals surface area contributed by atoms with Crippen molar-refractivity contribution < 1.29 is 9.84 Å². The van der Waals surface area contributed by atoms with E-state index in [-0.39, 0.29) is 6.61 Å². The van der Waals surface area contributed by atoms with Crippen LogP contribution in [0.1, 0.15) is 28.1 Å². The molecular weight excluding hydrogens is 278 g/mol. The van der Waals surface area contributed by atoms with Gasteiger partial charge in [-0.3, -0.25) is 4.68 Å². The first kappa shape index (κ1) is 16.7. The van der Waals surface area contributed by atoms with Crippen LogP contribution in [0.2, 0.25) is 0 Å². The Morgan fingerprint density at radius 3 is 2.73 bits per heavy atom. The molecule has 0 aliphatic carbocycles. The van der Waals surface area contributed by atoms with Crippen molar-refractivity contribution in [3.05, 3.63) is 52.3 Å². The predicted molar refractivity (Wildman–Crippen MR) is 86.5 cm³/mol. The number of rotatable bonds is 8. The van der Waals surface area contributed by atoms with E-state index in [4.69, 9.17) is 9.84 Å². The Bertz CT molecular complexity index is 608. The molecule has 0 saturated heterocycles. The highest BCUT2D eigenvalue weighted by molar-refractivity contribution is 5.25. The monoisotopic (exact) mass is 303 g/mol. The van der Waals surface area contributed by atoms with Gasteiger partial charge in [0.25, 0.3) is 0 Å². The highest BCUT2D eigenvalue weighted by Crippen LogP contribution is 2.13. The Kier molecular flexibility index (Phi) is 6.12. The zero-order valence-corrected chi connectivity index (χ0v) is 13.6. The zero-order chi connectivity index (χ0) is 15.9. The average molecular weight is 303 g/mol. The fourth-order valence-electron chi connectivity index (χ4n) is 2.63. The van der Waals surface area contributed by atoms with Gasteiger partial charge in [0, 0.05) is 31.5 Å². The summed E-state index contributed by atoms with van der Waals surface area (Å²) in [6, 6.07) is 8.40. The van der Waals surface area contributed by atoms with E-state index in [1.165, 1.54) is 16.7 Å². The van der Waals surface area contributed by atoms with Gasteiger partial charge >= 0.3 is 0 Å². The summed E-state index contributed by atoms with van der Waals surface area (Å²) in [4.78, 5) is 0. The SMILES string of the molecule is COCc1cccc(CNCc2c(C)nn(CCO)c2C)c1. The van der Waals surface area contributed by atoms with Crippen molar-refractivity contribution in [2.45, 2.75) is 40.1 Å². The van der Waals surface area contributed by atoms with E-state index in [0.717, 1.165) is 24.5 Å². The molecule has 2 rings (SSSR count). The molecule has 22 heavy (non-hydrogen) atoms. The summed E-state index contributed by atoms with van der Waals surface area (Å²) < 4.78 is 7.03. The van der Waals surface area contributed by atoms with Crippen molar-refractivity contribution in [3.8, 4) is 0 Å². The van der Waals surface area contributed by atoms with Crippen LogP contribution in [-0.2, 0) is 31.0 Å². The van der Waals surface area contributed by atoms with E-state index in [2.05, 4.69) is 34.7 Å². The van der Waals surface area contributed by atoms with E-state index in [9.17, 15) is 0 Å². The minimum atomic E-state index is 0.112. The molecule has 0 amide bonds. The number of ether oxygens (including phenoxy) is 1. The van der Waals surface area contributed by atoms with Crippen LogP contribution < -0.4 is 5.32 Å². The normalized spacial score (nSPS) is 11.1. The van der Waals surface area contributed by atoms with E-state index >= 15 is 0 Å². The molecule has 1 aromatic heterocycles. The lowest BCUT2D eigenvalue weighted by molar-refractivity contribution is 0.185. The first-order valence-corrected chi connectivity index (χ1v) is 7.57. The number of aromatic nitrogens is 2. The summed E-state index contributed by atoms with van der Waals surface area (Å²) >= 11 is 0. The number of methoxy groups -OCH3 is 1. The van der Waals surface area contributed by atoms with Crippen LogP contribution in [0.4, 0.5) is 0 Å². The zero-order valence-electron chi connectivity index (χ0n) is 13.6. The van der Waals surface area contributed by atoms with Crippen LogP contribution in [0.3, 0.4) is 0 Å². The lowest BCUT2D eigenvalue weighted by Gasteiger charge is -2.08. The van der Waals surface area contributed by atoms with Crippen LogP contribution >= 0.6 is 0 Å². The minimum Gasteiger partial charge on any atom is -0.394 e. The number of nitrogens with one attached hydrogen (secondary N) is 1. The number of aliphatic hydroxyl groups is 1. The quantitative estimate of drug-likeness (QED) is 0.782. The maximum Gasteiger partial charge on any atom is 0.0713 e. The van der Waals surface area contributed by atoms with Crippen molar-refractivity contribution in [2.75, 3.05) is 13.7 Å². The van der Waals surface area contributed by atoms with E-state index < -0.39 is 0 Å². The van der Waals surface area contributed by atoms with Gasteiger partial charge < -0.3 is 15.2 Å². The number of benzene rings is 1. The molecule has 0 aliphatic rings. The van der Waals surface area contributed by atoms with Crippen molar-refractivity contribution in [2.24, 2.45) is 0 Å². The summed E-state index contributed by atoms with van der Waals surface area (Å²) in [5.41, 5.74) is 5.78. The molecule has 0 atom stereocenters. The van der Waals surface area contributed by atoms with Crippen molar-refractivity contribution in [1.82, 2.24) is 15.1 Å². The van der Waals surface area contributed by atoms with Gasteiger partial charge in [-0.25, -0.2) is 0 Å². The highest BCUT2D eigenvalue weighted by Gasteiger charge is 2.10. The lowest BCUT2D eigenvalue weighted by Crippen LogP contribution is -2.14. The molecule has 0 aliphatic heterocycles. The van der Waals surface area contributed by atoms with Crippen LogP contribution in [0.25, 0.3) is 0 Å². The fourth-order valence-corrected chi connectivity index (χ4v) is 2.63. The second-order valence-corrected chi connectivity index (χ2v) is 5.45. The lowest BCUT2D eigenvalue weighted by atomic mass is 10.1. The Labute approximate surface area is 131 Å². The molecule has 2 N–H and O–H groups in total. The van der Waals surface area contributed by atoms with Gasteiger partial charge in [0.15, 0.2) is 0 Å². The van der Waals surface area contributed by atoms with E-state index in [0.29, 0.717) is 13.2 Å². The molecule has 0 fully saturated rings. The second-order valence-electron chi connectivity index (χ2n) is 5.45. The molecule has 5 heteroatoms. The van der Waals surface area contributed by atoms with Gasteiger partial charge in [-0.1, -0.05) is 24.3 Å². The number of hydrogen-bond donors (Lipinski definition) is 2. The third-order valence-corrected chi connectivity index (χ3v) is 3.78. The van der Waals surface area contributed by atoms with Crippen LogP contribution in [0.5, 0.6) is 0 Å². The molecular formula is C17H25N3O2. The van der Waals surface area contributed by atoms with Gasteiger partial charge in [0.1, 0.15) is 0 Å². The third-order valence-electron chi connectivity index (χ3n) is 3.78. The second kappa shape index (κ2) is 8.08. The van der Waals surface area contributed by atoms with Gasteiger partial charge in [-0.15, -0.1) is 0 Å². The average Bonchev–Trinajstić information content (AvgIpc) is 2.76. The Hall–Kier alpha value is -1.69. The molecule has 2 aromatic rings. The van der Waals surface area contributed by atoms with Crippen LogP contribution in [-0.4, -0.2) is 28.6 Å². The standard InChI is InChI=1S/C17H25N3O2/c1-13-17(14(2)20(19-13)7-8-21)11-18-10-15-5-4-6-16(9-15)12-22-3/h4-6,9,18,21H,7-8,10-12H2,1-3H3. The largest absolute Gasteiger partial charge is 0.394 e. The molecule has 0 saturated carbocycles. The number of nitrogens with zero attached hydrogens (tertiary/aromatic N) is 2. The summed E-state index contributed by atoms with van der Waals surface area (Å²) in [5, 5.41) is 17.0. The minimum absolute atomic E-state index is 0.112. The molecule has 5 nitrogen and oxygen atoms in total. The molecule has 1 heterocycles. The first-order chi connectivity index (χ1) is 10.7. The number of hydrogen-bond acceptors (Lipinski definition) is 4. The topological polar surface area (TPSA) is 59.3 Å². The number of aryl methyl sites for hydroxylation is 1. The van der Waals surface area contributed by atoms with Gasteiger partial charge in [0.05, 0.1) is 25.5 Å². The predicted octanol–water partition coefficient (Wildman–Crippen LogP) is 1.93. The molecule has 0 bridgehead atoms. The Balaban J connectivity index is 1.95. The number of aliphatic hydroxyl groups excluding tert-OH is 1. The van der Waals surface area contributed by atoms with Crippen LogP contribution in [0.15, 0.2) is 24.3 Å². The first-order valence-electron chi connectivity index (χ1n) is 7.57. The summed E-state index contributed by atoms with van der Waals surface area (Å²) in [6.45, 7) is 6.94. The van der Waals surface area contributed by atoms with Crippen molar-refractivity contribution in [3.63, 3.8) is 0 Å². The van der Waals surface area contributed by atoms with Gasteiger partial charge in [-0.05, 0) is 25.0 Å². The van der Waals surface area contributed by atoms with Gasteiger partial charge in [0.2, 0.25) is 0 Å². The molecule has 120 valence electrons. The molecule has 0 spiro atoms. The maximum absolute atomic E-state index is 9.05. The smallest absolute Gasteiger partial charge is 0.0713 e. The molecule has 1 aromatic carbocycles. The summed E-state index contributed by atoms with van der Waals surface area (Å²) in [7, 11) is 1.71. The Morgan fingerprint density at radius 1 is 1.23 bits per heavy atom.